The zero-order valence-electron chi connectivity index (χ0n) is 83.7. The van der Waals surface area contributed by atoms with E-state index in [4.69, 9.17) is 0 Å². The number of hydrogen-bond donors (Lipinski definition) is 0. The van der Waals surface area contributed by atoms with Crippen LogP contribution >= 0.6 is 0 Å². The number of aryl methyl sites for hydroxylation is 16. The van der Waals surface area contributed by atoms with Gasteiger partial charge < -0.3 is 0 Å². The molecule has 138 heavy (non-hydrogen) atoms. The minimum atomic E-state index is 0.806. The van der Waals surface area contributed by atoms with Crippen LogP contribution in [0, 0.1) is 76.2 Å². The van der Waals surface area contributed by atoms with Crippen molar-refractivity contribution < 1.29 is 22.8 Å². The molecule has 3 fully saturated rings. The van der Waals surface area contributed by atoms with Crippen molar-refractivity contribution in [3.8, 4) is 134 Å². The topological polar surface area (TPSA) is 19.4 Å². The van der Waals surface area contributed by atoms with Crippen LogP contribution in [0.25, 0.3) is 134 Å². The molecule has 11 aliphatic carbocycles. The minimum absolute atomic E-state index is 0.806. The van der Waals surface area contributed by atoms with E-state index in [0.717, 1.165) is 67.6 Å². The molecule has 0 spiro atoms. The van der Waals surface area contributed by atoms with E-state index in [1.54, 1.807) is 33.4 Å². The van der Waals surface area contributed by atoms with Gasteiger partial charge in [-0.25, -0.2) is 22.8 Å². The van der Waals surface area contributed by atoms with Gasteiger partial charge in [-0.15, -0.1) is 0 Å². The molecule has 28 rings (SSSR count). The van der Waals surface area contributed by atoms with E-state index in [2.05, 4.69) is 414 Å². The molecule has 17 aromatic rings. The molecule has 6 unspecified atom stereocenters. The van der Waals surface area contributed by atoms with E-state index in [9.17, 15) is 0 Å². The fraction of sp³-hybridized carbons (Fsp3) is 0.271. The molecule has 0 N–H and O–H groups in total. The molecule has 6 bridgehead atoms. The Hall–Kier alpha value is -13.6. The van der Waals surface area contributed by atoms with Gasteiger partial charge in [-0.1, -0.05) is 224 Å². The number of aromatic nitrogens is 5. The molecular formula is C133H128N5+5. The van der Waals surface area contributed by atoms with E-state index in [-0.39, 0.29) is 0 Å². The Kier molecular flexibility index (Phi) is 21.6. The second-order valence-corrected chi connectivity index (χ2v) is 43.1. The summed E-state index contributed by atoms with van der Waals surface area (Å²) in [5, 5.41) is 0. The van der Waals surface area contributed by atoms with Crippen LogP contribution < -0.4 is 22.8 Å². The molecule has 5 heteroatoms. The second kappa shape index (κ2) is 34.2. The van der Waals surface area contributed by atoms with E-state index < -0.39 is 0 Å². The lowest BCUT2D eigenvalue weighted by Gasteiger charge is -2.17. The largest absolute Gasteiger partial charge is 0.213 e. The third kappa shape index (κ3) is 14.5. The molecule has 680 valence electrons. The first-order valence-electron chi connectivity index (χ1n) is 51.3. The number of pyridine rings is 5. The molecule has 6 atom stereocenters. The summed E-state index contributed by atoms with van der Waals surface area (Å²) in [5.41, 5.74) is 73.1. The SMILES string of the molecule is Cc1c[n+](C)c(-c2c(C)cc(C)c3c2Cc2ccccc2-3)cc1-c1ccccc1.Cc1c[n+](C)c(-c2c(C)ccc3c2Cc2ccccc2-3)cc1-c1ccccc1.Cc1cc(C)c(-c2cc3c(c[n+]2C)C2CCC3C2)c2c1-c1ccccc1C2.Cc1ccc2c(c1)-c1ccc(C)c(-c3cc4c(c[n+]3C)C3CCC4C3)c1C2.Cc1cccc2c1Cc1c-2ccc(C)c1-c1cc2c(c[n+]1C)C1CCC2C1. The first-order chi connectivity index (χ1) is 67.0. The van der Waals surface area contributed by atoms with E-state index in [0.29, 0.717) is 0 Å². The van der Waals surface area contributed by atoms with Crippen LogP contribution in [0.4, 0.5) is 0 Å². The molecule has 12 aromatic carbocycles. The van der Waals surface area contributed by atoms with Gasteiger partial charge in [0.15, 0.2) is 31.0 Å². The van der Waals surface area contributed by atoms with Crippen molar-refractivity contribution in [2.75, 3.05) is 0 Å². The fourth-order valence-corrected chi connectivity index (χ4v) is 28.1. The first-order valence-corrected chi connectivity index (χ1v) is 51.3. The third-order valence-electron chi connectivity index (χ3n) is 34.5. The average Bonchev–Trinajstić information content (AvgIpc) is 1.43. The molecule has 0 aliphatic heterocycles. The summed E-state index contributed by atoms with van der Waals surface area (Å²) in [7, 11) is 11.1. The minimum Gasteiger partial charge on any atom is -0.201 e. The molecule has 5 aromatic heterocycles. The van der Waals surface area contributed by atoms with Gasteiger partial charge in [-0.3, -0.25) is 0 Å². The summed E-state index contributed by atoms with van der Waals surface area (Å²) in [4.78, 5) is 0. The van der Waals surface area contributed by atoms with E-state index in [1.165, 1.54) is 309 Å². The summed E-state index contributed by atoms with van der Waals surface area (Å²) < 4.78 is 11.8. The highest BCUT2D eigenvalue weighted by atomic mass is 15.0. The smallest absolute Gasteiger partial charge is 0.201 e. The Morgan fingerprint density at radius 1 is 0.188 bits per heavy atom. The number of fused-ring (bicyclic) bond motifs is 30. The molecule has 0 saturated heterocycles. The van der Waals surface area contributed by atoms with Crippen LogP contribution in [0.5, 0.6) is 0 Å². The van der Waals surface area contributed by atoms with Crippen LogP contribution in [0.3, 0.4) is 0 Å². The zero-order chi connectivity index (χ0) is 94.2. The Morgan fingerprint density at radius 3 is 0.928 bits per heavy atom. The standard InChI is InChI=1S/C28H26N.C27H24N.3C26H26N/c1-18-14-19(2)28(25-15-22-12-8-9-13-23(22)27(18)25)26-16-24(20(3)17-29(26)4)21-10-6-5-7-11-21;1-18-13-14-23-22-12-8-7-11-21(22)15-25(23)27(18)26-16-24(19(2)17-28(26)3)20-9-5-4-6-10-20;1-15-4-6-19-12-23-20(21(19)10-15)9-5-16(2)26(23)25-13-22-17-7-8-18(11-17)24(22)14-27(25)3;1-15-5-4-6-19-20-10-7-16(2)26(23(20)12-21(15)19)25-13-22-17-8-9-18(11-17)24(22)14-27(25)3;1-15-10-16(2)26(22-12-17-6-4-5-7-20(17)25(15)22)24-13-21-18-8-9-19(11-18)23(21)14-27(24)3/h5-14,16-17H,15H2,1-4H3;4-14,16-17H,15H2,1-3H3;4-6,9-10,13-14,17-18H,7-8,11-12H2,1-3H3;4-7,10,13-14,17-18H,8-9,11-12H2,1-3H3;4-7,10,13-14,18-19H,8-9,11-12H2,1-3H3/q5*+1. The van der Waals surface area contributed by atoms with Crippen molar-refractivity contribution in [2.24, 2.45) is 35.2 Å². The van der Waals surface area contributed by atoms with Gasteiger partial charge in [0.25, 0.3) is 0 Å². The summed E-state index contributed by atoms with van der Waals surface area (Å²) in [6, 6.07) is 92.8. The fourth-order valence-electron chi connectivity index (χ4n) is 28.1. The van der Waals surface area contributed by atoms with Gasteiger partial charge in [0, 0.05) is 58.1 Å². The molecule has 11 aliphatic rings. The van der Waals surface area contributed by atoms with E-state index >= 15 is 0 Å². The number of rotatable bonds is 7. The first kappa shape index (κ1) is 87.2. The summed E-state index contributed by atoms with van der Waals surface area (Å²) in [6.07, 6.45) is 29.6. The van der Waals surface area contributed by atoms with Crippen molar-refractivity contribution in [1.29, 1.82) is 0 Å². The highest BCUT2D eigenvalue weighted by molar-refractivity contribution is 5.93. The highest BCUT2D eigenvalue weighted by Crippen LogP contribution is 2.59. The van der Waals surface area contributed by atoms with Crippen molar-refractivity contribution in [1.82, 2.24) is 0 Å². The Labute approximate surface area is 818 Å². The lowest BCUT2D eigenvalue weighted by atomic mass is 9.87. The molecule has 0 radical (unpaired) electrons. The summed E-state index contributed by atoms with van der Waals surface area (Å²) in [5.74, 6) is 4.88. The molecule has 5 heterocycles. The van der Waals surface area contributed by atoms with Gasteiger partial charge in [0.1, 0.15) is 35.2 Å². The predicted octanol–water partition coefficient (Wildman–Crippen LogP) is 29.6. The molecular weight excluding hydrogens is 1670 g/mol. The highest BCUT2D eigenvalue weighted by Gasteiger charge is 2.45. The van der Waals surface area contributed by atoms with Gasteiger partial charge in [-0.2, -0.15) is 0 Å². The zero-order valence-corrected chi connectivity index (χ0v) is 83.7. The maximum Gasteiger partial charge on any atom is 0.213 e. The van der Waals surface area contributed by atoms with Crippen LogP contribution in [0.15, 0.2) is 280 Å². The molecule has 3 saturated carbocycles. The lowest BCUT2D eigenvalue weighted by molar-refractivity contribution is -0.661. The van der Waals surface area contributed by atoms with Crippen molar-refractivity contribution in [3.05, 3.63) is 430 Å². The monoisotopic (exact) mass is 1800 g/mol. The lowest BCUT2D eigenvalue weighted by Crippen LogP contribution is -2.32. The van der Waals surface area contributed by atoms with Crippen LogP contribution in [-0.4, -0.2) is 0 Å². The van der Waals surface area contributed by atoms with Gasteiger partial charge >= 0.3 is 0 Å². The maximum absolute atomic E-state index is 2.54. The summed E-state index contributed by atoms with van der Waals surface area (Å²) in [6.45, 7) is 24.7. The molecule has 5 nitrogen and oxygen atoms in total. The van der Waals surface area contributed by atoms with Crippen molar-refractivity contribution in [2.45, 2.75) is 202 Å². The van der Waals surface area contributed by atoms with Crippen molar-refractivity contribution >= 4 is 0 Å². The van der Waals surface area contributed by atoms with E-state index in [1.807, 2.05) is 0 Å². The molecule has 0 amide bonds. The van der Waals surface area contributed by atoms with Crippen LogP contribution in [0.1, 0.15) is 244 Å². The quantitative estimate of drug-likeness (QED) is 0.142. The van der Waals surface area contributed by atoms with Crippen LogP contribution in [-0.2, 0) is 67.3 Å². The Morgan fingerprint density at radius 2 is 0.500 bits per heavy atom. The second-order valence-electron chi connectivity index (χ2n) is 43.1. The summed E-state index contributed by atoms with van der Waals surface area (Å²) >= 11 is 0. The third-order valence-corrected chi connectivity index (χ3v) is 34.5. The van der Waals surface area contributed by atoms with Crippen LogP contribution in [0.2, 0.25) is 0 Å². The predicted molar refractivity (Wildman–Crippen MR) is 567 cm³/mol. The number of hydrogen-bond acceptors (Lipinski definition) is 0. The van der Waals surface area contributed by atoms with Gasteiger partial charge in [0.05, 0.1) is 27.8 Å². The van der Waals surface area contributed by atoms with Crippen molar-refractivity contribution in [3.63, 3.8) is 0 Å². The van der Waals surface area contributed by atoms with Gasteiger partial charge in [-0.05, 0) is 396 Å². The number of nitrogens with zero attached hydrogens (tertiary/aromatic N) is 5. The maximum atomic E-state index is 2.54. The average molecular weight is 1800 g/mol. The number of benzene rings is 12. The Bertz CT molecular complexity index is 7980. The van der Waals surface area contributed by atoms with Gasteiger partial charge in [0.2, 0.25) is 28.5 Å². The normalized spacial score (nSPS) is 17.4. The Balaban J connectivity index is 0.0000000939.